The highest BCUT2D eigenvalue weighted by atomic mass is 19.4. The van der Waals surface area contributed by atoms with Gasteiger partial charge in [-0.25, -0.2) is 4.98 Å². The number of alkyl halides is 3. The molecule has 0 N–H and O–H groups in total. The van der Waals surface area contributed by atoms with Crippen molar-refractivity contribution >= 4 is 11.7 Å². The lowest BCUT2D eigenvalue weighted by atomic mass is 9.74. The van der Waals surface area contributed by atoms with E-state index in [0.717, 1.165) is 57.6 Å². The van der Waals surface area contributed by atoms with E-state index in [2.05, 4.69) is 23.7 Å². The smallest absolute Gasteiger partial charge is 0.381 e. The van der Waals surface area contributed by atoms with Gasteiger partial charge in [0, 0.05) is 51.1 Å². The van der Waals surface area contributed by atoms with Crippen LogP contribution in [0.4, 0.5) is 19.0 Å². The Labute approximate surface area is 205 Å². The minimum Gasteiger partial charge on any atom is -0.381 e. The maximum absolute atomic E-state index is 13.9. The lowest BCUT2D eigenvalue weighted by Crippen LogP contribution is -2.54. The summed E-state index contributed by atoms with van der Waals surface area (Å²) in [6.45, 7) is 9.17. The van der Waals surface area contributed by atoms with Crippen molar-refractivity contribution < 1.29 is 22.7 Å². The fourth-order valence-corrected chi connectivity index (χ4v) is 6.95. The molecule has 0 spiro atoms. The highest BCUT2D eigenvalue weighted by Crippen LogP contribution is 2.49. The Kier molecular flexibility index (Phi) is 6.76. The van der Waals surface area contributed by atoms with Crippen LogP contribution in [0.5, 0.6) is 0 Å². The molecule has 1 amide bonds. The van der Waals surface area contributed by atoms with Crippen molar-refractivity contribution in [2.24, 2.45) is 17.3 Å². The number of hydrogen-bond donors (Lipinski definition) is 0. The number of amides is 1. The van der Waals surface area contributed by atoms with Crippen molar-refractivity contribution in [1.29, 1.82) is 0 Å². The van der Waals surface area contributed by atoms with E-state index in [9.17, 15) is 18.0 Å². The van der Waals surface area contributed by atoms with Crippen molar-refractivity contribution in [1.82, 2.24) is 14.8 Å². The number of fused-ring (bicyclic) bond motifs is 1. The summed E-state index contributed by atoms with van der Waals surface area (Å²) in [5.74, 6) is 1.43. The molecule has 4 atom stereocenters. The Balaban J connectivity index is 1.24. The molecular formula is C26H37F3N4O2. The number of rotatable bonds is 4. The van der Waals surface area contributed by atoms with Gasteiger partial charge in [0.15, 0.2) is 0 Å². The van der Waals surface area contributed by atoms with Crippen molar-refractivity contribution in [3.8, 4) is 0 Å². The average Bonchev–Trinajstić information content (AvgIpc) is 3.49. The largest absolute Gasteiger partial charge is 0.416 e. The molecular weight excluding hydrogens is 457 g/mol. The molecule has 0 radical (unpaired) electrons. The predicted molar refractivity (Wildman–Crippen MR) is 127 cm³/mol. The van der Waals surface area contributed by atoms with Crippen LogP contribution in [0, 0.1) is 17.3 Å². The van der Waals surface area contributed by atoms with Crippen LogP contribution in [0.15, 0.2) is 18.3 Å². The second kappa shape index (κ2) is 9.54. The zero-order valence-electron chi connectivity index (χ0n) is 20.8. The molecule has 0 aromatic carbocycles. The van der Waals surface area contributed by atoms with Gasteiger partial charge in [0.05, 0.1) is 17.6 Å². The molecule has 6 nitrogen and oxygen atoms in total. The molecule has 5 rings (SSSR count). The molecule has 0 bridgehead atoms. The van der Waals surface area contributed by atoms with E-state index >= 15 is 0 Å². The van der Waals surface area contributed by atoms with Gasteiger partial charge in [-0.05, 0) is 62.6 Å². The number of aromatic nitrogens is 1. The Bertz CT molecular complexity index is 918. The SMILES string of the molecule is CC(C)[C@]1(C(=O)N2CCN(c3cc(C(F)(F)F)ccn3)CC2)CC[C@@H](N2CCC3COCCC32)C1. The number of likely N-dealkylation sites (tertiary alicyclic amines) is 1. The summed E-state index contributed by atoms with van der Waals surface area (Å²) in [6.07, 6.45) is 1.98. The average molecular weight is 495 g/mol. The maximum atomic E-state index is 13.9. The summed E-state index contributed by atoms with van der Waals surface area (Å²) < 4.78 is 45.1. The fraction of sp³-hybridized carbons (Fsp3) is 0.769. The first kappa shape index (κ1) is 24.8. The summed E-state index contributed by atoms with van der Waals surface area (Å²) >= 11 is 0. The second-order valence-electron chi connectivity index (χ2n) is 11.1. The molecule has 4 aliphatic rings. The first-order chi connectivity index (χ1) is 16.7. The van der Waals surface area contributed by atoms with Gasteiger partial charge >= 0.3 is 6.18 Å². The van der Waals surface area contributed by atoms with Crippen molar-refractivity contribution in [3.05, 3.63) is 23.9 Å². The molecule has 4 fully saturated rings. The molecule has 2 unspecified atom stereocenters. The molecule has 1 saturated carbocycles. The summed E-state index contributed by atoms with van der Waals surface area (Å²) in [4.78, 5) is 24.6. The zero-order chi connectivity index (χ0) is 24.8. The Morgan fingerprint density at radius 3 is 2.63 bits per heavy atom. The number of carbonyl (C=O) groups excluding carboxylic acids is 1. The standard InChI is InChI=1S/C26H37F3N4O2/c1-18(2)25(7-3-21(16-25)33-9-5-19-17-35-14-6-22(19)33)24(34)32-12-10-31(11-13-32)23-15-20(4-8-30-23)26(27,28)29/h4,8,15,18-19,21-22H,3,5-7,9-14,16-17H2,1-2H3/t19?,21-,22?,25+/m1/s1. The van der Waals surface area contributed by atoms with Crippen LogP contribution >= 0.6 is 0 Å². The maximum Gasteiger partial charge on any atom is 0.416 e. The van der Waals surface area contributed by atoms with E-state index in [0.29, 0.717) is 50.0 Å². The quantitative estimate of drug-likeness (QED) is 0.632. The second-order valence-corrected chi connectivity index (χ2v) is 11.1. The molecule has 9 heteroatoms. The summed E-state index contributed by atoms with van der Waals surface area (Å²) in [6, 6.07) is 3.14. The number of pyridine rings is 1. The van der Waals surface area contributed by atoms with Crippen LogP contribution in [0.2, 0.25) is 0 Å². The number of halogens is 3. The van der Waals surface area contributed by atoms with E-state index in [1.165, 1.54) is 12.6 Å². The molecule has 1 aliphatic carbocycles. The topological polar surface area (TPSA) is 48.9 Å². The third kappa shape index (κ3) is 4.66. The Morgan fingerprint density at radius 2 is 1.91 bits per heavy atom. The fourth-order valence-electron chi connectivity index (χ4n) is 6.95. The molecule has 4 heterocycles. The minimum absolute atomic E-state index is 0.231. The zero-order valence-corrected chi connectivity index (χ0v) is 20.8. The normalized spacial score (nSPS) is 32.3. The van der Waals surface area contributed by atoms with E-state index in [-0.39, 0.29) is 17.2 Å². The highest BCUT2D eigenvalue weighted by Gasteiger charge is 2.52. The predicted octanol–water partition coefficient (Wildman–Crippen LogP) is 4.05. The summed E-state index contributed by atoms with van der Waals surface area (Å²) in [5.41, 5.74) is -1.05. The van der Waals surface area contributed by atoms with Gasteiger partial charge in [-0.1, -0.05) is 13.8 Å². The van der Waals surface area contributed by atoms with Gasteiger partial charge in [0.1, 0.15) is 5.82 Å². The first-order valence-electron chi connectivity index (χ1n) is 13.1. The lowest BCUT2D eigenvalue weighted by Gasteiger charge is -2.42. The van der Waals surface area contributed by atoms with Crippen LogP contribution in [0.3, 0.4) is 0 Å². The first-order valence-corrected chi connectivity index (χ1v) is 13.1. The third-order valence-electron chi connectivity index (χ3n) is 9.11. The van der Waals surface area contributed by atoms with Crippen molar-refractivity contribution in [2.45, 2.75) is 64.2 Å². The Hall–Kier alpha value is -1.87. The molecule has 1 aromatic rings. The minimum atomic E-state index is -4.39. The van der Waals surface area contributed by atoms with Gasteiger partial charge in [0.2, 0.25) is 5.91 Å². The molecule has 194 valence electrons. The van der Waals surface area contributed by atoms with Crippen LogP contribution < -0.4 is 4.90 Å². The van der Waals surface area contributed by atoms with E-state index in [1.54, 1.807) is 0 Å². The monoisotopic (exact) mass is 494 g/mol. The van der Waals surface area contributed by atoms with Gasteiger partial charge in [0.25, 0.3) is 0 Å². The molecule has 1 aromatic heterocycles. The highest BCUT2D eigenvalue weighted by molar-refractivity contribution is 5.84. The lowest BCUT2D eigenvalue weighted by molar-refractivity contribution is -0.145. The number of anilines is 1. The number of carbonyl (C=O) groups is 1. The number of nitrogens with zero attached hydrogens (tertiary/aromatic N) is 4. The van der Waals surface area contributed by atoms with E-state index in [4.69, 9.17) is 4.74 Å². The van der Waals surface area contributed by atoms with Crippen LogP contribution in [-0.4, -0.2) is 78.7 Å². The molecule has 35 heavy (non-hydrogen) atoms. The number of piperazine rings is 1. The number of hydrogen-bond acceptors (Lipinski definition) is 5. The van der Waals surface area contributed by atoms with Crippen LogP contribution in [-0.2, 0) is 15.7 Å². The summed E-state index contributed by atoms with van der Waals surface area (Å²) in [7, 11) is 0. The van der Waals surface area contributed by atoms with Gasteiger partial charge in [-0.3, -0.25) is 9.69 Å². The summed E-state index contributed by atoms with van der Waals surface area (Å²) in [5, 5.41) is 0. The van der Waals surface area contributed by atoms with E-state index < -0.39 is 11.7 Å². The third-order valence-corrected chi connectivity index (χ3v) is 9.11. The van der Waals surface area contributed by atoms with Gasteiger partial charge < -0.3 is 14.5 Å². The van der Waals surface area contributed by atoms with Crippen molar-refractivity contribution in [2.75, 3.05) is 50.8 Å². The molecule has 3 saturated heterocycles. The number of ether oxygens (including phenoxy) is 1. The van der Waals surface area contributed by atoms with E-state index in [1.807, 2.05) is 9.80 Å². The van der Waals surface area contributed by atoms with Gasteiger partial charge in [-0.2, -0.15) is 13.2 Å². The molecule has 3 aliphatic heterocycles. The van der Waals surface area contributed by atoms with Gasteiger partial charge in [-0.15, -0.1) is 0 Å². The van der Waals surface area contributed by atoms with Crippen LogP contribution in [0.25, 0.3) is 0 Å². The van der Waals surface area contributed by atoms with Crippen molar-refractivity contribution in [3.63, 3.8) is 0 Å². The van der Waals surface area contributed by atoms with Crippen LogP contribution in [0.1, 0.15) is 51.5 Å². The Morgan fingerprint density at radius 1 is 1.14 bits per heavy atom.